The summed E-state index contributed by atoms with van der Waals surface area (Å²) in [6.45, 7) is 4.66. The highest BCUT2D eigenvalue weighted by Crippen LogP contribution is 2.29. The molecule has 0 unspecified atom stereocenters. The molecule has 2 aromatic carbocycles. The molecule has 2 aromatic rings. The van der Waals surface area contributed by atoms with Crippen LogP contribution in [-0.2, 0) is 28.8 Å². The number of allylic oxidation sites excluding steroid dienone is 2. The fraction of sp³-hybridized carbons (Fsp3) is 0.366. The molecule has 1 N–H and O–H groups in total. The van der Waals surface area contributed by atoms with E-state index in [-0.39, 0.29) is 54.4 Å². The minimum absolute atomic E-state index is 0. The summed E-state index contributed by atoms with van der Waals surface area (Å²) in [5, 5.41) is 8.91. The minimum Gasteiger partial charge on any atom is -0.504 e. The third-order valence-electron chi connectivity index (χ3n) is 7.65. The lowest BCUT2D eigenvalue weighted by molar-refractivity contribution is -0.138. The van der Waals surface area contributed by atoms with Gasteiger partial charge < -0.3 is 19.3 Å². The summed E-state index contributed by atoms with van der Waals surface area (Å²) in [6.07, 6.45) is 17.6. The molecule has 0 fully saturated rings. The zero-order valence-electron chi connectivity index (χ0n) is 30.5. The van der Waals surface area contributed by atoms with Crippen molar-refractivity contribution in [2.45, 2.75) is 72.6 Å². The number of phenolic OH excluding ortho intramolecular Hbond substituents is 1. The number of carbonyl (C=O) groups excluding carboxylic acids is 6. The van der Waals surface area contributed by atoms with Crippen molar-refractivity contribution in [2.24, 2.45) is 0 Å². The number of amides is 4. The molecule has 0 radical (unpaired) electrons. The number of esters is 1. The summed E-state index contributed by atoms with van der Waals surface area (Å²) < 4.78 is 15.6. The van der Waals surface area contributed by atoms with Crippen LogP contribution in [0, 0.1) is 0 Å². The highest BCUT2D eigenvalue weighted by Gasteiger charge is 2.23. The normalized spacial score (nSPS) is 13.1. The van der Waals surface area contributed by atoms with E-state index in [0.717, 1.165) is 24.0 Å². The number of nitrogens with zero attached hydrogens (tertiary/aromatic N) is 2. The standard InChI is InChI=1S/C20H23NO5.C10H12ClNO3.C10H12O2.CH4/c1-3-7-15-9-10-16(17(14-15)25-2)26-20(24)8-5-4-6-13-21-18(22)11-12-19(21)23;11-8(13)4-2-1-3-7-12-9(14)5-6-10(12)15;1-3-4-8-5-6-9(11)10(7-8)12-2;/h3,7,9-12,14H,4-6,8,13H2,1-2H3;5-6H,1-4,7H2;3-7,11H,1-2H3;1H4. The third kappa shape index (κ3) is 16.5. The van der Waals surface area contributed by atoms with Crippen LogP contribution in [0.25, 0.3) is 12.2 Å². The molecule has 12 nitrogen and oxygen atoms in total. The van der Waals surface area contributed by atoms with Crippen LogP contribution >= 0.6 is 11.6 Å². The van der Waals surface area contributed by atoms with Gasteiger partial charge in [0, 0.05) is 50.2 Å². The first kappa shape index (κ1) is 46.5. The van der Waals surface area contributed by atoms with Crippen LogP contribution < -0.4 is 14.2 Å². The molecule has 2 aliphatic rings. The van der Waals surface area contributed by atoms with Crippen molar-refractivity contribution in [3.8, 4) is 23.0 Å². The van der Waals surface area contributed by atoms with Crippen molar-refractivity contribution in [3.05, 3.63) is 84.0 Å². The average Bonchev–Trinajstić information content (AvgIpc) is 3.63. The van der Waals surface area contributed by atoms with E-state index in [9.17, 15) is 33.9 Å². The Hall–Kier alpha value is -5.49. The van der Waals surface area contributed by atoms with Gasteiger partial charge in [-0.05, 0) is 86.5 Å². The molecule has 54 heavy (non-hydrogen) atoms. The van der Waals surface area contributed by atoms with E-state index in [1.807, 2.05) is 50.3 Å². The van der Waals surface area contributed by atoms with Gasteiger partial charge in [0.25, 0.3) is 23.6 Å². The van der Waals surface area contributed by atoms with Gasteiger partial charge in [-0.3, -0.25) is 38.6 Å². The Morgan fingerprint density at radius 1 is 0.648 bits per heavy atom. The number of methoxy groups -OCH3 is 2. The zero-order valence-corrected chi connectivity index (χ0v) is 31.3. The van der Waals surface area contributed by atoms with Gasteiger partial charge in [-0.25, -0.2) is 0 Å². The first-order valence-corrected chi connectivity index (χ1v) is 17.6. The van der Waals surface area contributed by atoms with Gasteiger partial charge in [0.15, 0.2) is 23.0 Å². The summed E-state index contributed by atoms with van der Waals surface area (Å²) in [4.78, 5) is 69.8. The van der Waals surface area contributed by atoms with Gasteiger partial charge in [-0.2, -0.15) is 0 Å². The maximum atomic E-state index is 12.0. The van der Waals surface area contributed by atoms with E-state index < -0.39 is 0 Å². The topological polar surface area (TPSA) is 157 Å². The van der Waals surface area contributed by atoms with Crippen molar-refractivity contribution in [1.82, 2.24) is 9.80 Å². The van der Waals surface area contributed by atoms with Crippen LogP contribution in [0.15, 0.2) is 72.9 Å². The lowest BCUT2D eigenvalue weighted by atomic mass is 10.1. The fourth-order valence-corrected chi connectivity index (χ4v) is 5.09. The van der Waals surface area contributed by atoms with Crippen LogP contribution in [0.4, 0.5) is 0 Å². The second-order valence-electron chi connectivity index (χ2n) is 11.6. The predicted octanol–water partition coefficient (Wildman–Crippen LogP) is 7.43. The maximum absolute atomic E-state index is 12.0. The number of halogens is 1. The quantitative estimate of drug-likeness (QED) is 0.0565. The number of rotatable bonds is 17. The molecule has 0 bridgehead atoms. The molecule has 0 spiro atoms. The summed E-state index contributed by atoms with van der Waals surface area (Å²) in [5.74, 6) is 0.179. The van der Waals surface area contributed by atoms with Crippen molar-refractivity contribution >= 4 is 58.6 Å². The van der Waals surface area contributed by atoms with Gasteiger partial charge in [-0.15, -0.1) is 0 Å². The Labute approximate surface area is 322 Å². The van der Waals surface area contributed by atoms with Crippen LogP contribution in [0.1, 0.15) is 83.8 Å². The van der Waals surface area contributed by atoms with E-state index in [1.165, 1.54) is 48.3 Å². The van der Waals surface area contributed by atoms with Gasteiger partial charge in [-0.1, -0.05) is 56.7 Å². The van der Waals surface area contributed by atoms with Crippen LogP contribution in [0.5, 0.6) is 23.0 Å². The molecular formula is C41H51ClN2O10. The maximum Gasteiger partial charge on any atom is 0.311 e. The molecule has 0 saturated carbocycles. The molecule has 0 aromatic heterocycles. The van der Waals surface area contributed by atoms with Crippen LogP contribution in [-0.4, -0.2) is 77.1 Å². The highest BCUT2D eigenvalue weighted by atomic mass is 35.5. The Kier molecular flexibility index (Phi) is 22.0. The number of ether oxygens (including phenoxy) is 3. The monoisotopic (exact) mass is 766 g/mol. The average molecular weight is 767 g/mol. The first-order chi connectivity index (χ1) is 25.4. The smallest absolute Gasteiger partial charge is 0.311 e. The SMILES string of the molecule is C.CC=Cc1ccc(O)c(OC)c1.CC=Cc1ccc(OC(=O)CCCCCN2C(=O)C=CC2=O)c(OC)c1.O=C(Cl)CCCCCN1C(=O)C=CC1=O. The fourth-order valence-electron chi connectivity index (χ4n) is 4.96. The number of benzene rings is 2. The number of hydrogen-bond donors (Lipinski definition) is 1. The number of aromatic hydroxyl groups is 1. The number of carbonyl (C=O) groups is 6. The number of unbranched alkanes of at least 4 members (excludes halogenated alkanes) is 4. The first-order valence-electron chi connectivity index (χ1n) is 17.2. The lowest BCUT2D eigenvalue weighted by Gasteiger charge is -2.13. The van der Waals surface area contributed by atoms with Crippen molar-refractivity contribution < 1.29 is 48.1 Å². The summed E-state index contributed by atoms with van der Waals surface area (Å²) in [5.41, 5.74) is 1.98. The van der Waals surface area contributed by atoms with Crippen molar-refractivity contribution in [2.75, 3.05) is 27.3 Å². The third-order valence-corrected chi connectivity index (χ3v) is 7.84. The number of imide groups is 2. The molecule has 4 rings (SSSR count). The van der Waals surface area contributed by atoms with Gasteiger partial charge in [0.1, 0.15) is 0 Å². The second-order valence-corrected chi connectivity index (χ2v) is 12.0. The van der Waals surface area contributed by atoms with Crippen molar-refractivity contribution in [3.63, 3.8) is 0 Å². The van der Waals surface area contributed by atoms with Crippen LogP contribution in [0.3, 0.4) is 0 Å². The van der Waals surface area contributed by atoms with E-state index in [4.69, 9.17) is 25.8 Å². The Bertz CT molecular complexity index is 1680. The van der Waals surface area contributed by atoms with E-state index in [0.29, 0.717) is 62.4 Å². The summed E-state index contributed by atoms with van der Waals surface area (Å²) in [7, 11) is 3.07. The lowest BCUT2D eigenvalue weighted by Crippen LogP contribution is -2.30. The number of hydrogen-bond acceptors (Lipinski definition) is 10. The molecule has 0 saturated heterocycles. The Morgan fingerprint density at radius 2 is 1.09 bits per heavy atom. The molecule has 2 aliphatic heterocycles. The summed E-state index contributed by atoms with van der Waals surface area (Å²) >= 11 is 5.16. The molecule has 0 atom stereocenters. The predicted molar refractivity (Wildman–Crippen MR) is 209 cm³/mol. The molecule has 0 aliphatic carbocycles. The van der Waals surface area contributed by atoms with E-state index >= 15 is 0 Å². The van der Waals surface area contributed by atoms with E-state index in [2.05, 4.69) is 0 Å². The molecule has 13 heteroatoms. The van der Waals surface area contributed by atoms with Gasteiger partial charge in [0.2, 0.25) is 5.24 Å². The van der Waals surface area contributed by atoms with Crippen LogP contribution in [0.2, 0.25) is 0 Å². The molecule has 4 amide bonds. The Balaban J connectivity index is 0.000000441. The highest BCUT2D eigenvalue weighted by molar-refractivity contribution is 6.63. The van der Waals surface area contributed by atoms with E-state index in [1.54, 1.807) is 24.3 Å². The minimum atomic E-state index is -0.343. The molecular weight excluding hydrogens is 716 g/mol. The molecule has 292 valence electrons. The second kappa shape index (κ2) is 25.5. The number of phenols is 1. The molecule has 2 heterocycles. The van der Waals surface area contributed by atoms with Gasteiger partial charge in [0.05, 0.1) is 14.2 Å². The largest absolute Gasteiger partial charge is 0.504 e. The van der Waals surface area contributed by atoms with Gasteiger partial charge >= 0.3 is 5.97 Å². The van der Waals surface area contributed by atoms with Crippen molar-refractivity contribution in [1.29, 1.82) is 0 Å². The Morgan fingerprint density at radius 3 is 1.54 bits per heavy atom. The summed E-state index contributed by atoms with van der Waals surface area (Å²) in [6, 6.07) is 10.6. The zero-order chi connectivity index (χ0) is 39.2.